The molecule has 6 aliphatic rings. The van der Waals surface area contributed by atoms with Crippen molar-refractivity contribution in [2.24, 2.45) is 0 Å². The molecule has 3 aromatic heterocycles. The number of hydrogen-bond donors (Lipinski definition) is 0. The summed E-state index contributed by atoms with van der Waals surface area (Å²) in [6.45, 7) is 12.6. The summed E-state index contributed by atoms with van der Waals surface area (Å²) in [6.07, 6.45) is 6.89. The number of amides is 3. The smallest absolute Gasteiger partial charge is 0.386 e. The Bertz CT molecular complexity index is 1650. The molecule has 24 heteroatoms. The Morgan fingerprint density at radius 3 is 1.03 bits per heavy atom. The predicted molar refractivity (Wildman–Crippen MR) is 214 cm³/mol. The van der Waals surface area contributed by atoms with Gasteiger partial charge in [-0.3, -0.25) is 0 Å². The van der Waals surface area contributed by atoms with E-state index in [1.54, 1.807) is 14.7 Å². The van der Waals surface area contributed by atoms with Crippen LogP contribution in [0.4, 0.5) is 31.8 Å². The van der Waals surface area contributed by atoms with Crippen molar-refractivity contribution in [3.63, 3.8) is 0 Å². The standard InChI is InChI=1S/C12H18N4O2S.C11H16N4O4S.C11H16N4O3S/c17-12(16-8-2-1-3-9-16)18-11-10(13-19-14-11)15-6-4-5-7-15;16-11(15-3-7-18-8-4-15)19-10-9(12-20-13-10)14-1-5-17-6-2-14;16-11(15-5-7-17-8-6-15)18-10-9(12-19-13-10)14-3-1-2-4-14/h1-9H2;1-8H2;1-8H2. The lowest BCUT2D eigenvalue weighted by atomic mass is 10.1. The van der Waals surface area contributed by atoms with Gasteiger partial charge in [0.25, 0.3) is 17.6 Å². The van der Waals surface area contributed by atoms with Gasteiger partial charge < -0.3 is 57.8 Å². The number of carbonyl (C=O) groups excluding carboxylic acids is 3. The zero-order valence-electron chi connectivity index (χ0n) is 32.4. The van der Waals surface area contributed by atoms with Gasteiger partial charge in [0.2, 0.25) is 17.5 Å². The Labute approximate surface area is 349 Å². The second-order valence-electron chi connectivity index (χ2n) is 14.0. The minimum Gasteiger partial charge on any atom is -0.386 e. The van der Waals surface area contributed by atoms with Crippen LogP contribution >= 0.6 is 35.2 Å². The van der Waals surface area contributed by atoms with Crippen molar-refractivity contribution in [1.29, 1.82) is 0 Å². The van der Waals surface area contributed by atoms with Crippen LogP contribution in [0.25, 0.3) is 0 Å². The number of piperidine rings is 1. The van der Waals surface area contributed by atoms with Gasteiger partial charge in [-0.25, -0.2) is 14.4 Å². The summed E-state index contributed by atoms with van der Waals surface area (Å²) in [7, 11) is 0. The van der Waals surface area contributed by atoms with Crippen molar-refractivity contribution in [2.45, 2.75) is 44.9 Å². The van der Waals surface area contributed by atoms with Crippen LogP contribution in [0.3, 0.4) is 0 Å². The summed E-state index contributed by atoms with van der Waals surface area (Å²) < 4.78 is 56.8. The zero-order valence-corrected chi connectivity index (χ0v) is 34.9. The monoisotopic (exact) mass is 866 g/mol. The van der Waals surface area contributed by atoms with E-state index in [4.69, 9.17) is 28.4 Å². The molecule has 0 aliphatic carbocycles. The number of hydrogen-bond acceptors (Lipinski definition) is 21. The Hall–Kier alpha value is -4.23. The lowest BCUT2D eigenvalue weighted by Gasteiger charge is -2.28. The molecule has 6 aliphatic heterocycles. The fourth-order valence-corrected chi connectivity index (χ4v) is 8.46. The number of aromatic nitrogens is 6. The van der Waals surface area contributed by atoms with Crippen LogP contribution in [0.1, 0.15) is 44.9 Å². The molecule has 58 heavy (non-hydrogen) atoms. The van der Waals surface area contributed by atoms with E-state index in [0.29, 0.717) is 89.2 Å². The van der Waals surface area contributed by atoms with E-state index in [1.807, 2.05) is 4.90 Å². The molecule has 0 bridgehead atoms. The highest BCUT2D eigenvalue weighted by atomic mass is 32.1. The molecule has 3 aromatic rings. The molecule has 3 amide bonds. The second-order valence-corrected chi connectivity index (χ2v) is 15.6. The van der Waals surface area contributed by atoms with Crippen molar-refractivity contribution in [3.05, 3.63) is 0 Å². The first-order valence-corrected chi connectivity index (χ1v) is 22.1. The average Bonchev–Trinajstić information content (AvgIpc) is 4.14. The number of morpholine rings is 3. The minimum atomic E-state index is -0.393. The fourth-order valence-electron chi connectivity index (χ4n) is 6.94. The Morgan fingerprint density at radius 1 is 0.379 bits per heavy atom. The van der Waals surface area contributed by atoms with Crippen molar-refractivity contribution < 1.29 is 42.8 Å². The van der Waals surface area contributed by atoms with Crippen molar-refractivity contribution in [1.82, 2.24) is 40.9 Å². The number of carbonyl (C=O) groups is 3. The number of rotatable bonds is 6. The predicted octanol–water partition coefficient (Wildman–Crippen LogP) is 3.30. The number of ether oxygens (including phenoxy) is 6. The molecule has 0 unspecified atom stereocenters. The molecule has 0 spiro atoms. The highest BCUT2D eigenvalue weighted by Crippen LogP contribution is 2.31. The molecule has 0 radical (unpaired) electrons. The third kappa shape index (κ3) is 11.5. The van der Waals surface area contributed by atoms with E-state index >= 15 is 0 Å². The normalized spacial score (nSPS) is 19.9. The third-order valence-electron chi connectivity index (χ3n) is 10.2. The molecule has 0 atom stereocenters. The summed E-state index contributed by atoms with van der Waals surface area (Å²) in [5.74, 6) is 3.05. The van der Waals surface area contributed by atoms with E-state index in [1.165, 1.54) is 6.42 Å². The van der Waals surface area contributed by atoms with Gasteiger partial charge in [-0.15, -0.1) is 13.1 Å². The Morgan fingerprint density at radius 2 is 0.672 bits per heavy atom. The lowest BCUT2D eigenvalue weighted by Crippen LogP contribution is -2.42. The molecule has 21 nitrogen and oxygen atoms in total. The summed E-state index contributed by atoms with van der Waals surface area (Å²) >= 11 is 3.23. The highest BCUT2D eigenvalue weighted by molar-refractivity contribution is 7.00. The molecule has 9 heterocycles. The van der Waals surface area contributed by atoms with Crippen LogP contribution in [-0.2, 0) is 14.2 Å². The fraction of sp³-hybridized carbons (Fsp3) is 0.735. The topological polar surface area (TPSA) is 203 Å². The van der Waals surface area contributed by atoms with Gasteiger partial charge in [0.1, 0.15) is 0 Å². The van der Waals surface area contributed by atoms with E-state index < -0.39 is 6.09 Å². The van der Waals surface area contributed by atoms with Crippen LogP contribution in [0.15, 0.2) is 0 Å². The zero-order chi connectivity index (χ0) is 39.9. The SMILES string of the molecule is O=C(Oc1nsnc1N1CCCC1)N1CCCCC1.O=C(Oc1nsnc1N1CCCC1)N1CCOCC1.O=C(Oc1nsnc1N1CCOCC1)N1CCOCC1. The van der Waals surface area contributed by atoms with Gasteiger partial charge >= 0.3 is 18.3 Å². The lowest BCUT2D eigenvalue weighted by molar-refractivity contribution is 0.0412. The average molecular weight is 867 g/mol. The highest BCUT2D eigenvalue weighted by Gasteiger charge is 2.28. The summed E-state index contributed by atoms with van der Waals surface area (Å²) in [5.41, 5.74) is 0. The largest absolute Gasteiger partial charge is 0.416 e. The first-order chi connectivity index (χ1) is 28.5. The van der Waals surface area contributed by atoms with Crippen molar-refractivity contribution in [2.75, 3.05) is 133 Å². The van der Waals surface area contributed by atoms with Gasteiger partial charge in [-0.05, 0) is 44.9 Å². The summed E-state index contributed by atoms with van der Waals surface area (Å²) in [6, 6.07) is 0. The number of likely N-dealkylation sites (tertiary alicyclic amines) is 1. The van der Waals surface area contributed by atoms with Crippen LogP contribution in [0, 0.1) is 0 Å². The van der Waals surface area contributed by atoms with Gasteiger partial charge in [0.15, 0.2) is 0 Å². The maximum Gasteiger partial charge on any atom is 0.416 e. The molecule has 0 saturated carbocycles. The molecule has 318 valence electrons. The molecule has 0 aromatic carbocycles. The molecule has 6 saturated heterocycles. The molecule has 6 fully saturated rings. The molecule has 0 N–H and O–H groups in total. The van der Waals surface area contributed by atoms with Gasteiger partial charge in [-0.1, -0.05) is 0 Å². The second kappa shape index (κ2) is 21.7. The van der Waals surface area contributed by atoms with E-state index in [0.717, 1.165) is 132 Å². The molecular formula is C34H50N12O9S3. The number of anilines is 3. The third-order valence-corrected chi connectivity index (χ3v) is 11.7. The van der Waals surface area contributed by atoms with E-state index in [-0.39, 0.29) is 18.1 Å². The maximum absolute atomic E-state index is 12.1. The van der Waals surface area contributed by atoms with Crippen LogP contribution in [-0.4, -0.2) is 177 Å². The maximum atomic E-state index is 12.1. The van der Waals surface area contributed by atoms with Crippen molar-refractivity contribution in [3.8, 4) is 17.6 Å². The van der Waals surface area contributed by atoms with Gasteiger partial charge in [-0.2, -0.15) is 13.1 Å². The Kier molecular flexibility index (Phi) is 15.7. The Balaban J connectivity index is 0.000000132. The van der Waals surface area contributed by atoms with E-state index in [2.05, 4.69) is 36.0 Å². The minimum absolute atomic E-state index is 0.284. The van der Waals surface area contributed by atoms with Crippen molar-refractivity contribution >= 4 is 70.9 Å². The summed E-state index contributed by atoms with van der Waals surface area (Å²) in [4.78, 5) is 47.4. The van der Waals surface area contributed by atoms with Crippen LogP contribution < -0.4 is 28.9 Å². The van der Waals surface area contributed by atoms with Crippen LogP contribution in [0.5, 0.6) is 17.6 Å². The first kappa shape index (κ1) is 41.9. The van der Waals surface area contributed by atoms with Gasteiger partial charge in [0, 0.05) is 78.5 Å². The molecular weight excluding hydrogens is 817 g/mol. The van der Waals surface area contributed by atoms with E-state index in [9.17, 15) is 14.4 Å². The molecule has 9 rings (SSSR count). The van der Waals surface area contributed by atoms with Crippen LogP contribution in [0.2, 0.25) is 0 Å². The quantitative estimate of drug-likeness (QED) is 0.349. The summed E-state index contributed by atoms with van der Waals surface area (Å²) in [5, 5.41) is 0. The van der Waals surface area contributed by atoms with Gasteiger partial charge in [0.05, 0.1) is 74.8 Å². The number of nitrogens with zero attached hydrogens (tertiary/aromatic N) is 12. The first-order valence-electron chi connectivity index (χ1n) is 19.9.